The highest BCUT2D eigenvalue weighted by atomic mass is 16.1. The first-order valence-electron chi connectivity index (χ1n) is 15.6. The standard InChI is InChI=1S/C36H37N7O/c1-24-19-33-38-22-29-20-32(26-7-3-2-4-8-26)34(40-35(29)43(33)41-24)27-13-11-25(12-14-27)23-42-17-15-28(16-18-42)36(44)39-31-10-6-5-9-30(37)21-31/h2-4,6-8,10-11,13-14,19-22,25,28H,5,9,12,15-18,23,37H2,1H3. The van der Waals surface area contributed by atoms with E-state index >= 15 is 0 Å². The van der Waals surface area contributed by atoms with Gasteiger partial charge in [-0.2, -0.15) is 9.61 Å². The van der Waals surface area contributed by atoms with Crippen LogP contribution in [0.4, 0.5) is 0 Å². The zero-order chi connectivity index (χ0) is 30.0. The number of carbonyl (C=O) groups excluding carboxylic acids is 1. The van der Waals surface area contributed by atoms with Gasteiger partial charge in [0.15, 0.2) is 11.3 Å². The largest absolute Gasteiger partial charge is 0.402 e. The van der Waals surface area contributed by atoms with Crippen LogP contribution in [0.1, 0.15) is 43.5 Å². The molecular weight excluding hydrogens is 546 g/mol. The van der Waals surface area contributed by atoms with Crippen LogP contribution >= 0.6 is 0 Å². The average molecular weight is 584 g/mol. The first kappa shape index (κ1) is 28.1. The van der Waals surface area contributed by atoms with Gasteiger partial charge in [0.05, 0.1) is 17.1 Å². The van der Waals surface area contributed by atoms with E-state index in [1.54, 1.807) is 0 Å². The van der Waals surface area contributed by atoms with E-state index in [4.69, 9.17) is 10.7 Å². The number of hydrogen-bond donors (Lipinski definition) is 1. The molecule has 8 nitrogen and oxygen atoms in total. The Labute approximate surface area is 257 Å². The molecule has 1 aromatic carbocycles. The smallest absolute Gasteiger partial charge is 0.249 e. The summed E-state index contributed by atoms with van der Waals surface area (Å²) >= 11 is 0. The van der Waals surface area contributed by atoms with Crippen molar-refractivity contribution in [2.45, 2.75) is 39.0 Å². The van der Waals surface area contributed by atoms with Crippen LogP contribution in [-0.4, -0.2) is 55.7 Å². The lowest BCUT2D eigenvalue weighted by molar-refractivity contribution is -0.122. The molecule has 1 fully saturated rings. The Morgan fingerprint density at radius 2 is 1.95 bits per heavy atom. The van der Waals surface area contributed by atoms with Gasteiger partial charge in [-0.1, -0.05) is 54.6 Å². The lowest BCUT2D eigenvalue weighted by atomic mass is 9.90. The number of carbonyl (C=O) groups is 1. The number of benzene rings is 1. The third-order valence-corrected chi connectivity index (χ3v) is 8.82. The molecule has 0 spiro atoms. The molecule has 3 aliphatic rings. The molecule has 8 heteroatoms. The van der Waals surface area contributed by atoms with Gasteiger partial charge < -0.3 is 10.6 Å². The number of amides is 1. The molecule has 4 heterocycles. The molecule has 0 saturated carbocycles. The van der Waals surface area contributed by atoms with E-state index in [-0.39, 0.29) is 11.8 Å². The van der Waals surface area contributed by atoms with Crippen molar-refractivity contribution in [1.29, 1.82) is 0 Å². The monoisotopic (exact) mass is 583 g/mol. The molecule has 3 aromatic heterocycles. The van der Waals surface area contributed by atoms with Crippen molar-refractivity contribution in [3.05, 3.63) is 102 Å². The Balaban J connectivity index is 1.05. The second-order valence-electron chi connectivity index (χ2n) is 12.1. The quantitative estimate of drug-likeness (QED) is 0.305. The fourth-order valence-electron chi connectivity index (χ4n) is 6.43. The van der Waals surface area contributed by atoms with Crippen LogP contribution in [0.15, 0.2) is 95.8 Å². The third-order valence-electron chi connectivity index (χ3n) is 8.82. The normalized spacial score (nSPS) is 20.7. The van der Waals surface area contributed by atoms with Crippen molar-refractivity contribution in [2.24, 2.45) is 22.6 Å². The number of fused-ring (bicyclic) bond motifs is 3. The number of piperidine rings is 1. The summed E-state index contributed by atoms with van der Waals surface area (Å²) in [6.45, 7) is 4.78. The number of aliphatic imine (C=N–C) groups is 1. The summed E-state index contributed by atoms with van der Waals surface area (Å²) in [4.78, 5) is 29.6. The van der Waals surface area contributed by atoms with Crippen LogP contribution in [0.2, 0.25) is 0 Å². The maximum atomic E-state index is 12.9. The van der Waals surface area contributed by atoms with Crippen molar-refractivity contribution >= 4 is 33.9 Å². The van der Waals surface area contributed by atoms with E-state index in [1.165, 1.54) is 0 Å². The molecule has 1 aliphatic heterocycles. The van der Waals surface area contributed by atoms with Crippen molar-refractivity contribution in [1.82, 2.24) is 24.5 Å². The molecule has 2 aliphatic carbocycles. The maximum Gasteiger partial charge on any atom is 0.249 e. The fraction of sp³-hybridized carbons (Fsp3) is 0.306. The summed E-state index contributed by atoms with van der Waals surface area (Å²) < 4.78 is 1.85. The van der Waals surface area contributed by atoms with E-state index in [1.807, 2.05) is 48.0 Å². The number of pyridine rings is 1. The highest BCUT2D eigenvalue weighted by molar-refractivity contribution is 6.10. The maximum absolute atomic E-state index is 12.9. The van der Waals surface area contributed by atoms with Gasteiger partial charge in [-0.05, 0) is 87.4 Å². The molecule has 222 valence electrons. The molecule has 1 atom stereocenters. The van der Waals surface area contributed by atoms with Gasteiger partial charge in [-0.3, -0.25) is 4.79 Å². The van der Waals surface area contributed by atoms with Crippen LogP contribution in [0.5, 0.6) is 0 Å². The van der Waals surface area contributed by atoms with E-state index in [0.717, 1.165) is 102 Å². The zero-order valence-corrected chi connectivity index (χ0v) is 25.1. The zero-order valence-electron chi connectivity index (χ0n) is 25.1. The minimum Gasteiger partial charge on any atom is -0.402 e. The average Bonchev–Trinajstić information content (AvgIpc) is 3.32. The Hall–Kier alpha value is -4.69. The second kappa shape index (κ2) is 12.1. The molecule has 1 saturated heterocycles. The predicted molar refractivity (Wildman–Crippen MR) is 176 cm³/mol. The molecule has 4 aromatic rings. The summed E-state index contributed by atoms with van der Waals surface area (Å²) in [5, 5.41) is 5.63. The molecule has 1 amide bonds. The second-order valence-corrected chi connectivity index (χ2v) is 12.1. The van der Waals surface area contributed by atoms with E-state index in [9.17, 15) is 4.79 Å². The SMILES string of the molecule is Cc1cc2ncc3cc(-c4ccccc4)c(C4=CCC(CN5CCC(C(=O)N=C6C=CCCC(N)=C6)CC5)C=C4)nc3n2n1. The van der Waals surface area contributed by atoms with Crippen molar-refractivity contribution in [3.63, 3.8) is 0 Å². The molecule has 0 radical (unpaired) electrons. The van der Waals surface area contributed by atoms with Crippen LogP contribution in [-0.2, 0) is 4.79 Å². The lowest BCUT2D eigenvalue weighted by Crippen LogP contribution is -2.38. The van der Waals surface area contributed by atoms with Gasteiger partial charge in [0, 0.05) is 41.4 Å². The van der Waals surface area contributed by atoms with E-state index < -0.39 is 0 Å². The number of hydrogen-bond acceptors (Lipinski definition) is 6. The van der Waals surface area contributed by atoms with Gasteiger partial charge in [-0.15, -0.1) is 0 Å². The minimum absolute atomic E-state index is 0.0178. The summed E-state index contributed by atoms with van der Waals surface area (Å²) in [5.41, 5.74) is 14.3. The van der Waals surface area contributed by atoms with Crippen LogP contribution in [0, 0.1) is 18.8 Å². The van der Waals surface area contributed by atoms with Crippen LogP contribution in [0.3, 0.4) is 0 Å². The number of rotatable bonds is 5. The van der Waals surface area contributed by atoms with Gasteiger partial charge in [-0.25, -0.2) is 15.0 Å². The van der Waals surface area contributed by atoms with Gasteiger partial charge >= 0.3 is 0 Å². The minimum atomic E-state index is -0.0194. The highest BCUT2D eigenvalue weighted by Gasteiger charge is 2.26. The molecule has 44 heavy (non-hydrogen) atoms. The van der Waals surface area contributed by atoms with E-state index in [0.29, 0.717) is 11.6 Å². The molecular formula is C36H37N7O. The lowest BCUT2D eigenvalue weighted by Gasteiger charge is -2.33. The van der Waals surface area contributed by atoms with Crippen LogP contribution in [0.25, 0.3) is 33.4 Å². The first-order chi connectivity index (χ1) is 21.5. The summed E-state index contributed by atoms with van der Waals surface area (Å²) in [6, 6.07) is 14.6. The summed E-state index contributed by atoms with van der Waals surface area (Å²) in [5.74, 6) is 0.380. The topological polar surface area (TPSA) is 102 Å². The predicted octanol–water partition coefficient (Wildman–Crippen LogP) is 6.08. The van der Waals surface area contributed by atoms with Gasteiger partial charge in [0.1, 0.15) is 0 Å². The number of aromatic nitrogens is 4. The van der Waals surface area contributed by atoms with Crippen molar-refractivity contribution in [3.8, 4) is 11.1 Å². The van der Waals surface area contributed by atoms with Gasteiger partial charge in [0.25, 0.3) is 0 Å². The number of aryl methyl sites for hydroxylation is 1. The number of nitrogens with two attached hydrogens (primary N) is 1. The Morgan fingerprint density at radius 1 is 1.11 bits per heavy atom. The fourth-order valence-corrected chi connectivity index (χ4v) is 6.43. The Morgan fingerprint density at radius 3 is 2.75 bits per heavy atom. The number of nitrogens with zero attached hydrogens (tertiary/aromatic N) is 6. The van der Waals surface area contributed by atoms with Gasteiger partial charge in [0.2, 0.25) is 5.91 Å². The third kappa shape index (κ3) is 5.90. The summed E-state index contributed by atoms with van der Waals surface area (Å²) in [7, 11) is 0. The van der Waals surface area contributed by atoms with E-state index in [2.05, 4.69) is 68.5 Å². The Kier molecular flexibility index (Phi) is 7.75. The highest BCUT2D eigenvalue weighted by Crippen LogP contribution is 2.34. The molecule has 1 unspecified atom stereocenters. The number of likely N-dealkylation sites (tertiary alicyclic amines) is 1. The van der Waals surface area contributed by atoms with Crippen LogP contribution < -0.4 is 5.73 Å². The van der Waals surface area contributed by atoms with Crippen molar-refractivity contribution < 1.29 is 4.79 Å². The first-order valence-corrected chi connectivity index (χ1v) is 15.6. The Bertz CT molecular complexity index is 1870. The molecule has 7 rings (SSSR count). The number of allylic oxidation sites excluding steroid dienone is 7. The van der Waals surface area contributed by atoms with Crippen molar-refractivity contribution in [2.75, 3.05) is 19.6 Å². The summed E-state index contributed by atoms with van der Waals surface area (Å²) in [6.07, 6.45) is 18.9. The molecule has 0 bridgehead atoms. The molecule has 2 N–H and O–H groups in total.